The molecule has 120 valence electrons. The van der Waals surface area contributed by atoms with Crippen LogP contribution in [-0.2, 0) is 6.54 Å². The lowest BCUT2D eigenvalue weighted by Crippen LogP contribution is -1.99. The van der Waals surface area contributed by atoms with Gasteiger partial charge in [-0.1, -0.05) is 23.7 Å². The van der Waals surface area contributed by atoms with Crippen LogP contribution < -0.4 is 10.1 Å². The van der Waals surface area contributed by atoms with Crippen molar-refractivity contribution in [1.82, 2.24) is 4.98 Å². The lowest BCUT2D eigenvalue weighted by molar-refractivity contribution is 0.414. The molecule has 3 rings (SSSR count). The Morgan fingerprint density at radius 2 is 1.88 bits per heavy atom. The number of rotatable bonds is 5. The highest BCUT2D eigenvalue weighted by Gasteiger charge is 2.14. The van der Waals surface area contributed by atoms with Gasteiger partial charge in [-0.05, 0) is 42.0 Å². The highest BCUT2D eigenvalue weighted by molar-refractivity contribution is 6.30. The summed E-state index contributed by atoms with van der Waals surface area (Å²) in [4.78, 5) is 4.21. The van der Waals surface area contributed by atoms with Gasteiger partial charge in [-0.15, -0.1) is 0 Å². The molecular formula is C18H14ClN3O2. The largest absolute Gasteiger partial charge is 0.497 e. The molecule has 6 heteroatoms. The Hall–Kier alpha value is -2.97. The average molecular weight is 340 g/mol. The third kappa shape index (κ3) is 3.50. The number of nitrogens with zero attached hydrogens (tertiary/aromatic N) is 2. The van der Waals surface area contributed by atoms with Crippen LogP contribution >= 0.6 is 11.6 Å². The summed E-state index contributed by atoms with van der Waals surface area (Å²) in [6.07, 6.45) is 0. The zero-order valence-corrected chi connectivity index (χ0v) is 13.7. The minimum Gasteiger partial charge on any atom is -0.497 e. The fourth-order valence-corrected chi connectivity index (χ4v) is 2.28. The molecule has 0 atom stereocenters. The zero-order chi connectivity index (χ0) is 16.9. The molecule has 0 aliphatic carbocycles. The first-order valence-corrected chi connectivity index (χ1v) is 7.61. The molecule has 0 radical (unpaired) electrons. The molecule has 3 aromatic rings. The van der Waals surface area contributed by atoms with Gasteiger partial charge >= 0.3 is 0 Å². The van der Waals surface area contributed by atoms with Gasteiger partial charge in [-0.2, -0.15) is 10.2 Å². The van der Waals surface area contributed by atoms with E-state index in [9.17, 15) is 5.26 Å². The monoisotopic (exact) mass is 339 g/mol. The van der Waals surface area contributed by atoms with Crippen LogP contribution in [0.1, 0.15) is 11.3 Å². The second-order valence-electron chi connectivity index (χ2n) is 5.02. The fraction of sp³-hybridized carbons (Fsp3) is 0.111. The third-order valence-corrected chi connectivity index (χ3v) is 3.69. The molecule has 2 aromatic carbocycles. The Morgan fingerprint density at radius 1 is 1.17 bits per heavy atom. The molecule has 0 saturated carbocycles. The van der Waals surface area contributed by atoms with Crippen LogP contribution in [0.25, 0.3) is 11.5 Å². The molecule has 1 N–H and O–H groups in total. The summed E-state index contributed by atoms with van der Waals surface area (Å²) < 4.78 is 10.8. The maximum absolute atomic E-state index is 9.24. The lowest BCUT2D eigenvalue weighted by Gasteiger charge is -2.04. The maximum Gasteiger partial charge on any atom is 0.232 e. The summed E-state index contributed by atoms with van der Waals surface area (Å²) in [5, 5.41) is 13.0. The molecule has 0 bridgehead atoms. The van der Waals surface area contributed by atoms with Gasteiger partial charge in [0, 0.05) is 17.1 Å². The first kappa shape index (κ1) is 15.9. The second kappa shape index (κ2) is 7.07. The van der Waals surface area contributed by atoms with Gasteiger partial charge in [0.05, 0.1) is 7.11 Å². The van der Waals surface area contributed by atoms with Crippen LogP contribution in [-0.4, -0.2) is 12.1 Å². The van der Waals surface area contributed by atoms with Crippen molar-refractivity contribution in [2.24, 2.45) is 0 Å². The van der Waals surface area contributed by atoms with Crippen LogP contribution in [0.3, 0.4) is 0 Å². The molecule has 0 amide bonds. The standard InChI is InChI=1S/C18H14ClN3O2/c1-23-15-8-2-12(3-9-15)11-21-18-16(10-20)22-17(24-18)13-4-6-14(19)7-5-13/h2-9,21H,11H2,1H3. The van der Waals surface area contributed by atoms with E-state index in [2.05, 4.69) is 10.3 Å². The highest BCUT2D eigenvalue weighted by Crippen LogP contribution is 2.26. The normalized spacial score (nSPS) is 10.2. The van der Waals surface area contributed by atoms with Gasteiger partial charge < -0.3 is 14.5 Å². The molecule has 1 aromatic heterocycles. The minimum atomic E-state index is 0.216. The summed E-state index contributed by atoms with van der Waals surface area (Å²) in [5.41, 5.74) is 2.01. The number of anilines is 1. The molecular weight excluding hydrogens is 326 g/mol. The number of aromatic nitrogens is 1. The zero-order valence-electron chi connectivity index (χ0n) is 12.9. The predicted octanol–water partition coefficient (Wildman–Crippen LogP) is 4.49. The number of nitriles is 1. The Bertz CT molecular complexity index is 865. The van der Waals surface area contributed by atoms with Crippen LogP contribution in [0.15, 0.2) is 52.9 Å². The summed E-state index contributed by atoms with van der Waals surface area (Å²) in [6.45, 7) is 0.508. The first-order chi connectivity index (χ1) is 11.7. The Balaban J connectivity index is 1.77. The smallest absolute Gasteiger partial charge is 0.232 e. The van der Waals surface area contributed by atoms with Gasteiger partial charge in [0.1, 0.15) is 11.8 Å². The van der Waals surface area contributed by atoms with E-state index < -0.39 is 0 Å². The summed E-state index contributed by atoms with van der Waals surface area (Å²) in [7, 11) is 1.62. The second-order valence-corrected chi connectivity index (χ2v) is 5.45. The average Bonchev–Trinajstić information content (AvgIpc) is 3.04. The van der Waals surface area contributed by atoms with Crippen LogP contribution in [0.4, 0.5) is 5.88 Å². The summed E-state index contributed by atoms with van der Waals surface area (Å²) >= 11 is 5.88. The summed E-state index contributed by atoms with van der Waals surface area (Å²) in [5.74, 6) is 1.51. The highest BCUT2D eigenvalue weighted by atomic mass is 35.5. The van der Waals surface area contributed by atoms with Gasteiger partial charge in [-0.25, -0.2) is 0 Å². The van der Waals surface area contributed by atoms with E-state index in [1.54, 1.807) is 31.4 Å². The minimum absolute atomic E-state index is 0.216. The van der Waals surface area contributed by atoms with Crippen LogP contribution in [0, 0.1) is 11.3 Å². The molecule has 24 heavy (non-hydrogen) atoms. The Morgan fingerprint density at radius 3 is 2.50 bits per heavy atom. The van der Waals surface area contributed by atoms with E-state index in [1.807, 2.05) is 30.3 Å². The van der Waals surface area contributed by atoms with E-state index in [0.717, 1.165) is 16.9 Å². The van der Waals surface area contributed by atoms with Gasteiger partial charge in [0.25, 0.3) is 0 Å². The van der Waals surface area contributed by atoms with Crippen molar-refractivity contribution in [2.75, 3.05) is 12.4 Å². The topological polar surface area (TPSA) is 71.1 Å². The van der Waals surface area contributed by atoms with Gasteiger partial charge in [-0.3, -0.25) is 0 Å². The molecule has 0 unspecified atom stereocenters. The van der Waals surface area contributed by atoms with Crippen molar-refractivity contribution < 1.29 is 9.15 Å². The molecule has 5 nitrogen and oxygen atoms in total. The van der Waals surface area contributed by atoms with Crippen molar-refractivity contribution in [3.63, 3.8) is 0 Å². The summed E-state index contributed by atoms with van der Waals surface area (Å²) in [6, 6.07) is 16.8. The Kier molecular flexibility index (Phi) is 4.69. The number of halogens is 1. The quantitative estimate of drug-likeness (QED) is 0.741. The van der Waals surface area contributed by atoms with Crippen LogP contribution in [0.5, 0.6) is 5.75 Å². The van der Waals surface area contributed by atoms with Crippen molar-refractivity contribution in [1.29, 1.82) is 5.26 Å². The van der Waals surface area contributed by atoms with E-state index >= 15 is 0 Å². The maximum atomic E-state index is 9.24. The van der Waals surface area contributed by atoms with Gasteiger partial charge in [0.2, 0.25) is 17.5 Å². The number of ether oxygens (including phenoxy) is 1. The van der Waals surface area contributed by atoms with Crippen molar-refractivity contribution in [3.8, 4) is 23.3 Å². The van der Waals surface area contributed by atoms with E-state index in [4.69, 9.17) is 20.8 Å². The molecule has 0 aliphatic rings. The number of hydrogen-bond donors (Lipinski definition) is 1. The van der Waals surface area contributed by atoms with Crippen molar-refractivity contribution in [3.05, 3.63) is 64.8 Å². The Labute approximate surface area is 144 Å². The number of nitrogens with one attached hydrogen (secondary N) is 1. The number of oxazole rings is 1. The van der Waals surface area contributed by atoms with Gasteiger partial charge in [0.15, 0.2) is 0 Å². The van der Waals surface area contributed by atoms with Crippen molar-refractivity contribution in [2.45, 2.75) is 6.54 Å². The SMILES string of the molecule is COc1ccc(CNc2oc(-c3ccc(Cl)cc3)nc2C#N)cc1. The molecule has 0 aliphatic heterocycles. The number of hydrogen-bond acceptors (Lipinski definition) is 5. The molecule has 1 heterocycles. The molecule has 0 saturated heterocycles. The fourth-order valence-electron chi connectivity index (χ4n) is 2.16. The first-order valence-electron chi connectivity index (χ1n) is 7.23. The van der Waals surface area contributed by atoms with E-state index in [-0.39, 0.29) is 5.69 Å². The van der Waals surface area contributed by atoms with Crippen molar-refractivity contribution >= 4 is 17.5 Å². The molecule has 0 spiro atoms. The number of benzene rings is 2. The van der Waals surface area contributed by atoms with Crippen LogP contribution in [0.2, 0.25) is 5.02 Å². The predicted molar refractivity (Wildman–Crippen MR) is 92.0 cm³/mol. The lowest BCUT2D eigenvalue weighted by atomic mass is 10.2. The van der Waals surface area contributed by atoms with E-state index in [1.165, 1.54) is 0 Å². The number of methoxy groups -OCH3 is 1. The third-order valence-electron chi connectivity index (χ3n) is 3.44. The molecule has 0 fully saturated rings. The van der Waals surface area contributed by atoms with E-state index in [0.29, 0.717) is 23.3 Å².